The van der Waals surface area contributed by atoms with E-state index in [1.165, 1.54) is 16.1 Å². The molecule has 0 radical (unpaired) electrons. The number of benzene rings is 2. The number of hydrogen-bond acceptors (Lipinski definition) is 2. The Hall–Kier alpha value is -1.41. The molecule has 1 unspecified atom stereocenters. The number of para-hydroxylation sites is 1. The SMILES string of the molecule is CN1c2ccccc2SC1Cc1ccccc1. The summed E-state index contributed by atoms with van der Waals surface area (Å²) in [6.07, 6.45) is 1.09. The van der Waals surface area contributed by atoms with E-state index in [0.717, 1.165) is 6.42 Å². The number of nitrogens with zero attached hydrogens (tertiary/aromatic N) is 1. The Morgan fingerprint density at radius 3 is 2.47 bits per heavy atom. The van der Waals surface area contributed by atoms with Gasteiger partial charge in [0.15, 0.2) is 0 Å². The third-order valence-electron chi connectivity index (χ3n) is 3.19. The van der Waals surface area contributed by atoms with Crippen molar-refractivity contribution >= 4 is 17.4 Å². The molecule has 1 atom stereocenters. The second-order valence-corrected chi connectivity index (χ2v) is 5.56. The van der Waals surface area contributed by atoms with Gasteiger partial charge in [-0.25, -0.2) is 0 Å². The van der Waals surface area contributed by atoms with Crippen LogP contribution in [-0.2, 0) is 6.42 Å². The Morgan fingerprint density at radius 2 is 1.71 bits per heavy atom. The van der Waals surface area contributed by atoms with E-state index < -0.39 is 0 Å². The second kappa shape index (κ2) is 4.46. The zero-order valence-corrected chi connectivity index (χ0v) is 10.7. The molecule has 0 aliphatic carbocycles. The summed E-state index contributed by atoms with van der Waals surface area (Å²) in [7, 11) is 2.19. The highest BCUT2D eigenvalue weighted by Crippen LogP contribution is 2.43. The Morgan fingerprint density at radius 1 is 1.00 bits per heavy atom. The second-order valence-electron chi connectivity index (χ2n) is 4.34. The molecule has 0 aromatic heterocycles. The minimum atomic E-state index is 0.523. The molecular formula is C15H15NS. The van der Waals surface area contributed by atoms with E-state index in [0.29, 0.717) is 5.37 Å². The summed E-state index contributed by atoms with van der Waals surface area (Å²) in [6, 6.07) is 19.4. The molecule has 1 aliphatic heterocycles. The van der Waals surface area contributed by atoms with Crippen molar-refractivity contribution in [1.29, 1.82) is 0 Å². The van der Waals surface area contributed by atoms with Crippen LogP contribution in [0.25, 0.3) is 0 Å². The van der Waals surface area contributed by atoms with Crippen molar-refractivity contribution in [2.45, 2.75) is 16.7 Å². The predicted molar refractivity (Wildman–Crippen MR) is 74.6 cm³/mol. The summed E-state index contributed by atoms with van der Waals surface area (Å²) in [5.41, 5.74) is 2.77. The van der Waals surface area contributed by atoms with Crippen molar-refractivity contribution in [3.63, 3.8) is 0 Å². The Bertz CT molecular complexity index is 509. The maximum atomic E-state index is 2.38. The molecular weight excluding hydrogens is 226 g/mol. The number of likely N-dealkylation sites (N-methyl/N-ethyl adjacent to an activating group) is 1. The molecule has 86 valence electrons. The van der Waals surface area contributed by atoms with Crippen LogP contribution in [0.1, 0.15) is 5.56 Å². The molecule has 2 aromatic rings. The summed E-state index contributed by atoms with van der Waals surface area (Å²) < 4.78 is 0. The lowest BCUT2D eigenvalue weighted by Crippen LogP contribution is -2.26. The average molecular weight is 241 g/mol. The van der Waals surface area contributed by atoms with Crippen molar-refractivity contribution in [2.24, 2.45) is 0 Å². The third-order valence-corrected chi connectivity index (χ3v) is 4.55. The van der Waals surface area contributed by atoms with Gasteiger partial charge in [0, 0.05) is 18.4 Å². The highest BCUT2D eigenvalue weighted by molar-refractivity contribution is 8.00. The molecule has 0 N–H and O–H groups in total. The first-order valence-electron chi connectivity index (χ1n) is 5.87. The van der Waals surface area contributed by atoms with Crippen LogP contribution in [0.3, 0.4) is 0 Å². The third kappa shape index (κ3) is 2.05. The first-order valence-corrected chi connectivity index (χ1v) is 6.75. The molecule has 1 aliphatic rings. The van der Waals surface area contributed by atoms with Gasteiger partial charge in [-0.3, -0.25) is 0 Å². The highest BCUT2D eigenvalue weighted by atomic mass is 32.2. The Kier molecular flexibility index (Phi) is 2.81. The van der Waals surface area contributed by atoms with Gasteiger partial charge in [0.1, 0.15) is 0 Å². The fourth-order valence-electron chi connectivity index (χ4n) is 2.22. The van der Waals surface area contributed by atoms with E-state index >= 15 is 0 Å². The monoisotopic (exact) mass is 241 g/mol. The summed E-state index contributed by atoms with van der Waals surface area (Å²) in [5, 5.41) is 0.523. The van der Waals surface area contributed by atoms with Crippen LogP contribution >= 0.6 is 11.8 Å². The molecule has 0 saturated heterocycles. The van der Waals surface area contributed by atoms with E-state index in [9.17, 15) is 0 Å². The molecule has 1 nitrogen and oxygen atoms in total. The normalized spacial score (nSPS) is 18.2. The van der Waals surface area contributed by atoms with Crippen LogP contribution in [0.5, 0.6) is 0 Å². The van der Waals surface area contributed by atoms with Gasteiger partial charge in [-0.1, -0.05) is 54.2 Å². The zero-order chi connectivity index (χ0) is 11.7. The van der Waals surface area contributed by atoms with E-state index in [1.54, 1.807) is 0 Å². The Labute approximate surface area is 106 Å². The van der Waals surface area contributed by atoms with E-state index in [4.69, 9.17) is 0 Å². The van der Waals surface area contributed by atoms with Crippen LogP contribution in [0.2, 0.25) is 0 Å². The zero-order valence-electron chi connectivity index (χ0n) is 9.84. The van der Waals surface area contributed by atoms with Gasteiger partial charge in [0.05, 0.1) is 11.1 Å². The molecule has 0 amide bonds. The van der Waals surface area contributed by atoms with Gasteiger partial charge in [-0.2, -0.15) is 0 Å². The van der Waals surface area contributed by atoms with Gasteiger partial charge < -0.3 is 4.90 Å². The van der Waals surface area contributed by atoms with Crippen LogP contribution in [0.4, 0.5) is 5.69 Å². The minimum Gasteiger partial charge on any atom is -0.361 e. The number of fused-ring (bicyclic) bond motifs is 1. The smallest absolute Gasteiger partial charge is 0.0835 e. The Balaban J connectivity index is 1.81. The molecule has 2 heteroatoms. The molecule has 0 bridgehead atoms. The lowest BCUT2D eigenvalue weighted by Gasteiger charge is -2.21. The first kappa shape index (κ1) is 10.7. The lowest BCUT2D eigenvalue weighted by atomic mass is 10.1. The molecule has 3 rings (SSSR count). The average Bonchev–Trinajstić information content (AvgIpc) is 2.68. The molecule has 2 aromatic carbocycles. The number of anilines is 1. The van der Waals surface area contributed by atoms with Gasteiger partial charge >= 0.3 is 0 Å². The largest absolute Gasteiger partial charge is 0.361 e. The summed E-state index contributed by atoms with van der Waals surface area (Å²) >= 11 is 1.97. The van der Waals surface area contributed by atoms with Gasteiger partial charge in [-0.05, 0) is 17.7 Å². The fraction of sp³-hybridized carbons (Fsp3) is 0.200. The van der Waals surface area contributed by atoms with Crippen LogP contribution < -0.4 is 4.90 Å². The molecule has 0 fully saturated rings. The van der Waals surface area contributed by atoms with Crippen molar-refractivity contribution in [1.82, 2.24) is 0 Å². The van der Waals surface area contributed by atoms with Crippen LogP contribution in [-0.4, -0.2) is 12.4 Å². The summed E-state index contributed by atoms with van der Waals surface area (Å²) in [5.74, 6) is 0. The van der Waals surface area contributed by atoms with Gasteiger partial charge in [0.2, 0.25) is 0 Å². The topological polar surface area (TPSA) is 3.24 Å². The minimum absolute atomic E-state index is 0.523. The van der Waals surface area contributed by atoms with Crippen molar-refractivity contribution < 1.29 is 0 Å². The van der Waals surface area contributed by atoms with Crippen LogP contribution in [0, 0.1) is 0 Å². The van der Waals surface area contributed by atoms with Gasteiger partial charge in [0.25, 0.3) is 0 Å². The van der Waals surface area contributed by atoms with E-state index in [2.05, 4.69) is 66.5 Å². The molecule has 0 spiro atoms. The van der Waals surface area contributed by atoms with Crippen molar-refractivity contribution in [2.75, 3.05) is 11.9 Å². The number of rotatable bonds is 2. The van der Waals surface area contributed by atoms with E-state index in [1.807, 2.05) is 11.8 Å². The van der Waals surface area contributed by atoms with E-state index in [-0.39, 0.29) is 0 Å². The standard InChI is InChI=1S/C15H15NS/c1-16-13-9-5-6-10-14(13)17-15(16)11-12-7-3-2-4-8-12/h2-10,15H,11H2,1H3. The number of thioether (sulfide) groups is 1. The summed E-state index contributed by atoms with van der Waals surface area (Å²) in [4.78, 5) is 3.78. The molecule has 0 saturated carbocycles. The summed E-state index contributed by atoms with van der Waals surface area (Å²) in [6.45, 7) is 0. The fourth-order valence-corrected chi connectivity index (χ4v) is 3.55. The van der Waals surface area contributed by atoms with Crippen molar-refractivity contribution in [3.05, 3.63) is 60.2 Å². The molecule has 1 heterocycles. The highest BCUT2D eigenvalue weighted by Gasteiger charge is 2.26. The maximum Gasteiger partial charge on any atom is 0.0835 e. The lowest BCUT2D eigenvalue weighted by molar-refractivity contribution is 0.833. The predicted octanol–water partition coefficient (Wildman–Crippen LogP) is 3.80. The first-order chi connectivity index (χ1) is 8.34. The maximum absolute atomic E-state index is 2.38. The quantitative estimate of drug-likeness (QED) is 0.787. The van der Waals surface area contributed by atoms with Crippen molar-refractivity contribution in [3.8, 4) is 0 Å². The van der Waals surface area contributed by atoms with Crippen LogP contribution in [0.15, 0.2) is 59.5 Å². The molecule has 17 heavy (non-hydrogen) atoms. The van der Waals surface area contributed by atoms with Gasteiger partial charge in [-0.15, -0.1) is 0 Å². The number of hydrogen-bond donors (Lipinski definition) is 0.